The van der Waals surface area contributed by atoms with E-state index in [-0.39, 0.29) is 5.91 Å². The fourth-order valence-electron chi connectivity index (χ4n) is 2.91. The number of nitrogens with zero attached hydrogens (tertiary/aromatic N) is 5. The van der Waals surface area contributed by atoms with Gasteiger partial charge in [0.25, 0.3) is 0 Å². The molecular formula is C21H25N5OS. The molecule has 6 nitrogen and oxygen atoms in total. The molecule has 3 aromatic rings. The Kier molecular flexibility index (Phi) is 7.61. The van der Waals surface area contributed by atoms with E-state index in [2.05, 4.69) is 39.8 Å². The number of aryl methyl sites for hydroxylation is 1. The maximum Gasteiger partial charge on any atom is 0.223 e. The topological polar surface area (TPSA) is 63.9 Å². The van der Waals surface area contributed by atoms with Gasteiger partial charge in [0.2, 0.25) is 11.1 Å². The summed E-state index contributed by atoms with van der Waals surface area (Å²) in [5, 5.41) is 12.1. The Balaban J connectivity index is 1.55. The van der Waals surface area contributed by atoms with Crippen LogP contribution in [0.25, 0.3) is 0 Å². The molecule has 0 spiro atoms. The molecule has 0 bridgehead atoms. The predicted molar refractivity (Wildman–Crippen MR) is 111 cm³/mol. The third kappa shape index (κ3) is 6.20. The molecule has 1 aromatic heterocycles. The molecular weight excluding hydrogens is 370 g/mol. The average molecular weight is 396 g/mol. The van der Waals surface area contributed by atoms with Gasteiger partial charge in [-0.25, -0.2) is 4.68 Å². The largest absolute Gasteiger partial charge is 0.342 e. The number of hydrogen-bond donors (Lipinski definition) is 0. The molecule has 0 N–H and O–H groups in total. The summed E-state index contributed by atoms with van der Waals surface area (Å²) in [6.07, 6.45) is 2.20. The van der Waals surface area contributed by atoms with Crippen molar-refractivity contribution >= 4 is 17.7 Å². The van der Waals surface area contributed by atoms with E-state index in [0.29, 0.717) is 12.2 Å². The predicted octanol–water partition coefficient (Wildman–Crippen LogP) is 3.01. The molecule has 7 heteroatoms. The van der Waals surface area contributed by atoms with Crippen LogP contribution in [0.3, 0.4) is 0 Å². The van der Waals surface area contributed by atoms with Gasteiger partial charge in [-0.2, -0.15) is 0 Å². The van der Waals surface area contributed by atoms with Gasteiger partial charge in [-0.3, -0.25) is 4.79 Å². The molecule has 0 aliphatic carbocycles. The number of rotatable bonds is 10. The standard InChI is InChI=1S/C21H25N5OS/c1-25-21(22-23-24-25)28-17-14-20(27)26(15-12-18-8-4-2-5-9-18)16-13-19-10-6-3-7-11-19/h2-11H,12-17H2,1H3. The van der Waals surface area contributed by atoms with Crippen LogP contribution in [0.4, 0.5) is 0 Å². The lowest BCUT2D eigenvalue weighted by Crippen LogP contribution is -2.35. The second kappa shape index (κ2) is 10.6. The smallest absolute Gasteiger partial charge is 0.223 e. The summed E-state index contributed by atoms with van der Waals surface area (Å²) in [5.41, 5.74) is 2.50. The van der Waals surface area contributed by atoms with Gasteiger partial charge >= 0.3 is 0 Å². The normalized spacial score (nSPS) is 10.8. The van der Waals surface area contributed by atoms with E-state index in [9.17, 15) is 4.79 Å². The summed E-state index contributed by atoms with van der Waals surface area (Å²) in [5.74, 6) is 0.842. The maximum absolute atomic E-state index is 12.9. The van der Waals surface area contributed by atoms with Crippen molar-refractivity contribution in [1.82, 2.24) is 25.1 Å². The van der Waals surface area contributed by atoms with Crippen LogP contribution in [-0.4, -0.2) is 49.9 Å². The molecule has 1 amide bonds. The summed E-state index contributed by atoms with van der Waals surface area (Å²) in [6, 6.07) is 20.6. The molecule has 0 atom stereocenters. The summed E-state index contributed by atoms with van der Waals surface area (Å²) in [7, 11) is 1.80. The van der Waals surface area contributed by atoms with Gasteiger partial charge in [-0.1, -0.05) is 72.4 Å². The Morgan fingerprint density at radius 2 is 1.54 bits per heavy atom. The van der Waals surface area contributed by atoms with Crippen LogP contribution in [0.2, 0.25) is 0 Å². The van der Waals surface area contributed by atoms with E-state index < -0.39 is 0 Å². The van der Waals surface area contributed by atoms with E-state index in [1.165, 1.54) is 22.9 Å². The molecule has 0 fully saturated rings. The van der Waals surface area contributed by atoms with Crippen molar-refractivity contribution in [2.75, 3.05) is 18.8 Å². The molecule has 2 aromatic carbocycles. The van der Waals surface area contributed by atoms with Gasteiger partial charge in [-0.15, -0.1) is 5.10 Å². The van der Waals surface area contributed by atoms with Gasteiger partial charge in [-0.05, 0) is 34.4 Å². The quantitative estimate of drug-likeness (QED) is 0.494. The molecule has 0 unspecified atom stereocenters. The minimum absolute atomic E-state index is 0.175. The number of benzene rings is 2. The number of carbonyl (C=O) groups excluding carboxylic acids is 1. The first kappa shape index (κ1) is 20.1. The van der Waals surface area contributed by atoms with Crippen LogP contribution >= 0.6 is 11.8 Å². The molecule has 1 heterocycles. The highest BCUT2D eigenvalue weighted by atomic mass is 32.2. The van der Waals surface area contributed by atoms with Crippen molar-refractivity contribution in [3.05, 3.63) is 71.8 Å². The van der Waals surface area contributed by atoms with E-state index in [1.807, 2.05) is 41.3 Å². The van der Waals surface area contributed by atoms with Crippen LogP contribution < -0.4 is 0 Å². The van der Waals surface area contributed by atoms with Crippen LogP contribution in [0.5, 0.6) is 0 Å². The third-order valence-corrected chi connectivity index (χ3v) is 5.52. The SMILES string of the molecule is Cn1nnnc1SCCC(=O)N(CCc1ccccc1)CCc1ccccc1. The van der Waals surface area contributed by atoms with E-state index in [0.717, 1.165) is 31.1 Å². The summed E-state index contributed by atoms with van der Waals surface area (Å²) >= 11 is 1.51. The minimum atomic E-state index is 0.175. The number of hydrogen-bond acceptors (Lipinski definition) is 5. The van der Waals surface area contributed by atoms with Gasteiger partial charge in [0.15, 0.2) is 0 Å². The number of amides is 1. The molecule has 0 saturated carbocycles. The number of aromatic nitrogens is 4. The molecule has 0 aliphatic heterocycles. The Labute approximate surface area is 169 Å². The lowest BCUT2D eigenvalue weighted by molar-refractivity contribution is -0.130. The van der Waals surface area contributed by atoms with Crippen LogP contribution in [0, 0.1) is 0 Å². The van der Waals surface area contributed by atoms with E-state index in [1.54, 1.807) is 11.7 Å². The van der Waals surface area contributed by atoms with Crippen molar-refractivity contribution < 1.29 is 4.79 Å². The summed E-state index contributed by atoms with van der Waals surface area (Å²) in [6.45, 7) is 1.46. The molecule has 0 aliphatic rings. The number of tetrazole rings is 1. The highest BCUT2D eigenvalue weighted by Gasteiger charge is 2.14. The highest BCUT2D eigenvalue weighted by Crippen LogP contribution is 2.15. The van der Waals surface area contributed by atoms with Crippen LogP contribution in [0.15, 0.2) is 65.8 Å². The summed E-state index contributed by atoms with van der Waals surface area (Å²) in [4.78, 5) is 14.8. The minimum Gasteiger partial charge on any atom is -0.342 e. The molecule has 0 radical (unpaired) electrons. The van der Waals surface area contributed by atoms with Crippen molar-refractivity contribution in [2.24, 2.45) is 7.05 Å². The second-order valence-electron chi connectivity index (χ2n) is 6.54. The Morgan fingerprint density at radius 1 is 0.964 bits per heavy atom. The zero-order chi connectivity index (χ0) is 19.6. The monoisotopic (exact) mass is 395 g/mol. The van der Waals surface area contributed by atoms with E-state index >= 15 is 0 Å². The summed E-state index contributed by atoms with van der Waals surface area (Å²) < 4.78 is 1.62. The zero-order valence-corrected chi connectivity index (χ0v) is 16.9. The van der Waals surface area contributed by atoms with Crippen molar-refractivity contribution in [2.45, 2.75) is 24.4 Å². The third-order valence-electron chi connectivity index (χ3n) is 4.51. The van der Waals surface area contributed by atoms with Crippen LogP contribution in [0.1, 0.15) is 17.5 Å². The fraction of sp³-hybridized carbons (Fsp3) is 0.333. The second-order valence-corrected chi connectivity index (χ2v) is 7.60. The number of carbonyl (C=O) groups is 1. The molecule has 28 heavy (non-hydrogen) atoms. The first-order chi connectivity index (χ1) is 13.7. The molecule has 0 saturated heterocycles. The lowest BCUT2D eigenvalue weighted by Gasteiger charge is -2.23. The fourth-order valence-corrected chi connectivity index (χ4v) is 3.69. The van der Waals surface area contributed by atoms with Crippen molar-refractivity contribution in [3.63, 3.8) is 0 Å². The zero-order valence-electron chi connectivity index (χ0n) is 16.1. The van der Waals surface area contributed by atoms with Gasteiger partial charge in [0.05, 0.1) is 0 Å². The van der Waals surface area contributed by atoms with Crippen molar-refractivity contribution in [3.8, 4) is 0 Å². The van der Waals surface area contributed by atoms with Gasteiger partial charge < -0.3 is 4.90 Å². The maximum atomic E-state index is 12.9. The van der Waals surface area contributed by atoms with Crippen LogP contribution in [-0.2, 0) is 24.7 Å². The van der Waals surface area contributed by atoms with Gasteiger partial charge in [0.1, 0.15) is 0 Å². The first-order valence-electron chi connectivity index (χ1n) is 9.43. The van der Waals surface area contributed by atoms with Crippen molar-refractivity contribution in [1.29, 1.82) is 0 Å². The highest BCUT2D eigenvalue weighted by molar-refractivity contribution is 7.99. The van der Waals surface area contributed by atoms with E-state index in [4.69, 9.17) is 0 Å². The lowest BCUT2D eigenvalue weighted by atomic mass is 10.1. The molecule has 146 valence electrons. The number of thioether (sulfide) groups is 1. The average Bonchev–Trinajstić information content (AvgIpc) is 3.14. The molecule has 3 rings (SSSR count). The Morgan fingerprint density at radius 3 is 2.04 bits per heavy atom. The Hall–Kier alpha value is -2.67. The Bertz CT molecular complexity index is 810. The van der Waals surface area contributed by atoms with Gasteiger partial charge in [0, 0.05) is 32.3 Å². The first-order valence-corrected chi connectivity index (χ1v) is 10.4.